The molecule has 1 aliphatic rings. The van der Waals surface area contributed by atoms with Gasteiger partial charge in [0.2, 0.25) is 0 Å². The molecule has 31 heavy (non-hydrogen) atoms. The highest BCUT2D eigenvalue weighted by Gasteiger charge is 2.22. The van der Waals surface area contributed by atoms with Crippen LogP contribution in [-0.2, 0) is 6.42 Å². The maximum atomic E-state index is 12.7. The third-order valence-electron chi connectivity index (χ3n) is 5.63. The third-order valence-corrected chi connectivity index (χ3v) is 5.63. The number of nitrogens with one attached hydrogen (secondary N) is 1. The minimum Gasteiger partial charge on any atom is -0.353 e. The van der Waals surface area contributed by atoms with Crippen LogP contribution in [0.15, 0.2) is 54.6 Å². The highest BCUT2D eigenvalue weighted by molar-refractivity contribution is 5.89. The maximum Gasteiger partial charge on any atom is 0.321 e. The summed E-state index contributed by atoms with van der Waals surface area (Å²) in [4.78, 5) is 26.2. The first kappa shape index (κ1) is 20.8. The van der Waals surface area contributed by atoms with Gasteiger partial charge in [-0.05, 0) is 38.0 Å². The van der Waals surface area contributed by atoms with Crippen LogP contribution >= 0.6 is 0 Å². The Morgan fingerprint density at radius 3 is 2.42 bits per heavy atom. The Balaban J connectivity index is 1.41. The summed E-state index contributed by atoms with van der Waals surface area (Å²) < 4.78 is 0. The van der Waals surface area contributed by atoms with Gasteiger partial charge in [0, 0.05) is 49.2 Å². The van der Waals surface area contributed by atoms with Crippen molar-refractivity contribution in [3.8, 4) is 11.4 Å². The van der Waals surface area contributed by atoms with Gasteiger partial charge in [-0.1, -0.05) is 48.9 Å². The van der Waals surface area contributed by atoms with E-state index < -0.39 is 0 Å². The monoisotopic (exact) mass is 415 g/mol. The summed E-state index contributed by atoms with van der Waals surface area (Å²) >= 11 is 0. The lowest BCUT2D eigenvalue weighted by atomic mass is 10.1. The molecule has 4 rings (SSSR count). The van der Waals surface area contributed by atoms with Crippen LogP contribution in [0.4, 0.5) is 16.3 Å². The minimum atomic E-state index is -0.0490. The Morgan fingerprint density at radius 1 is 0.968 bits per heavy atom. The maximum absolute atomic E-state index is 12.7. The van der Waals surface area contributed by atoms with Crippen molar-refractivity contribution in [2.75, 3.05) is 36.4 Å². The van der Waals surface area contributed by atoms with Crippen LogP contribution in [0.1, 0.15) is 23.7 Å². The molecular formula is C25H29N5O. The smallest absolute Gasteiger partial charge is 0.321 e. The number of urea groups is 1. The Morgan fingerprint density at radius 2 is 1.71 bits per heavy atom. The van der Waals surface area contributed by atoms with Crippen molar-refractivity contribution in [1.29, 1.82) is 0 Å². The number of carbonyl (C=O) groups excluding carboxylic acids is 1. The van der Waals surface area contributed by atoms with Crippen molar-refractivity contribution in [3.05, 3.63) is 71.4 Å². The van der Waals surface area contributed by atoms with Crippen molar-refractivity contribution >= 4 is 17.5 Å². The summed E-state index contributed by atoms with van der Waals surface area (Å²) in [6.45, 7) is 8.97. The van der Waals surface area contributed by atoms with E-state index >= 15 is 0 Å². The van der Waals surface area contributed by atoms with Crippen molar-refractivity contribution in [2.24, 2.45) is 0 Å². The second-order valence-corrected chi connectivity index (χ2v) is 8.02. The molecule has 1 fully saturated rings. The zero-order valence-corrected chi connectivity index (χ0v) is 18.4. The Kier molecular flexibility index (Phi) is 6.16. The number of amides is 2. The predicted molar refractivity (Wildman–Crippen MR) is 126 cm³/mol. The zero-order chi connectivity index (χ0) is 21.8. The summed E-state index contributed by atoms with van der Waals surface area (Å²) in [5.41, 5.74) is 5.24. The number of rotatable bonds is 4. The molecule has 1 N–H and O–H groups in total. The fourth-order valence-corrected chi connectivity index (χ4v) is 3.76. The minimum absolute atomic E-state index is 0.0490. The summed E-state index contributed by atoms with van der Waals surface area (Å²) in [6.07, 6.45) is 0.950. The summed E-state index contributed by atoms with van der Waals surface area (Å²) in [7, 11) is 0. The van der Waals surface area contributed by atoms with Gasteiger partial charge in [-0.25, -0.2) is 14.8 Å². The number of carbonyl (C=O) groups is 1. The number of anilines is 2. The first-order valence-corrected chi connectivity index (χ1v) is 10.8. The second kappa shape index (κ2) is 9.16. The van der Waals surface area contributed by atoms with Crippen molar-refractivity contribution < 1.29 is 4.79 Å². The molecule has 2 amide bonds. The van der Waals surface area contributed by atoms with E-state index in [0.717, 1.165) is 48.1 Å². The quantitative estimate of drug-likeness (QED) is 0.672. The van der Waals surface area contributed by atoms with E-state index in [-0.39, 0.29) is 6.03 Å². The fraction of sp³-hybridized carbons (Fsp3) is 0.320. The van der Waals surface area contributed by atoms with Crippen LogP contribution < -0.4 is 10.2 Å². The average molecular weight is 416 g/mol. The highest BCUT2D eigenvalue weighted by Crippen LogP contribution is 2.22. The number of hydrogen-bond donors (Lipinski definition) is 1. The lowest BCUT2D eigenvalue weighted by molar-refractivity contribution is 0.208. The molecule has 0 aliphatic carbocycles. The normalized spacial score (nSPS) is 13.9. The molecule has 0 spiro atoms. The zero-order valence-electron chi connectivity index (χ0n) is 18.4. The Labute approximate surface area is 183 Å². The molecule has 1 aromatic heterocycles. The first-order valence-electron chi connectivity index (χ1n) is 10.8. The number of piperazine rings is 1. The van der Waals surface area contributed by atoms with Crippen molar-refractivity contribution in [3.63, 3.8) is 0 Å². The number of aromatic nitrogens is 2. The largest absolute Gasteiger partial charge is 0.353 e. The van der Waals surface area contributed by atoms with E-state index in [1.165, 1.54) is 11.1 Å². The van der Waals surface area contributed by atoms with E-state index in [1.807, 2.05) is 36.1 Å². The van der Waals surface area contributed by atoms with Gasteiger partial charge in [0.05, 0.1) is 0 Å². The molecule has 0 bridgehead atoms. The van der Waals surface area contributed by atoms with Gasteiger partial charge in [-0.15, -0.1) is 0 Å². The van der Waals surface area contributed by atoms with Crippen LogP contribution in [0.5, 0.6) is 0 Å². The molecular weight excluding hydrogens is 386 g/mol. The Bertz CT molecular complexity index is 1060. The lowest BCUT2D eigenvalue weighted by Crippen LogP contribution is -2.50. The summed E-state index contributed by atoms with van der Waals surface area (Å²) in [5, 5.41) is 3.03. The number of hydrogen-bond acceptors (Lipinski definition) is 4. The number of aryl methyl sites for hydroxylation is 3. The molecule has 6 nitrogen and oxygen atoms in total. The summed E-state index contributed by atoms with van der Waals surface area (Å²) in [6, 6.07) is 18.3. The van der Waals surface area contributed by atoms with Gasteiger partial charge in [0.1, 0.15) is 5.82 Å². The predicted octanol–water partition coefficient (Wildman–Crippen LogP) is 4.68. The van der Waals surface area contributed by atoms with E-state index in [9.17, 15) is 4.79 Å². The van der Waals surface area contributed by atoms with Crippen LogP contribution in [0.3, 0.4) is 0 Å². The standard InChI is InChI=1S/C25H29N5O/c1-4-20-6-5-7-22(17-20)27-25(31)30-14-12-29(13-15-30)23-16-19(3)26-24(28-23)21-10-8-18(2)9-11-21/h5-11,16-17H,4,12-15H2,1-3H3,(H,27,31). The van der Waals surface area contributed by atoms with Gasteiger partial charge in [0.15, 0.2) is 5.82 Å². The van der Waals surface area contributed by atoms with E-state index in [4.69, 9.17) is 4.98 Å². The molecule has 2 aromatic carbocycles. The van der Waals surface area contributed by atoms with Crippen molar-refractivity contribution in [2.45, 2.75) is 27.2 Å². The van der Waals surface area contributed by atoms with Gasteiger partial charge in [0.25, 0.3) is 0 Å². The van der Waals surface area contributed by atoms with Crippen LogP contribution in [0.2, 0.25) is 0 Å². The average Bonchev–Trinajstić information content (AvgIpc) is 2.79. The second-order valence-electron chi connectivity index (χ2n) is 8.02. The third kappa shape index (κ3) is 5.02. The topological polar surface area (TPSA) is 61.4 Å². The molecule has 3 aromatic rings. The first-order chi connectivity index (χ1) is 15.0. The number of benzene rings is 2. The molecule has 1 aliphatic heterocycles. The molecule has 160 valence electrons. The van der Waals surface area contributed by atoms with Crippen LogP contribution in [-0.4, -0.2) is 47.1 Å². The van der Waals surface area contributed by atoms with Gasteiger partial charge < -0.3 is 15.1 Å². The molecule has 0 radical (unpaired) electrons. The highest BCUT2D eigenvalue weighted by atomic mass is 16.2. The van der Waals surface area contributed by atoms with E-state index in [1.54, 1.807) is 0 Å². The van der Waals surface area contributed by atoms with Gasteiger partial charge in [-0.3, -0.25) is 0 Å². The Hall–Kier alpha value is -3.41. The molecule has 1 saturated heterocycles. The van der Waals surface area contributed by atoms with Crippen LogP contribution in [0, 0.1) is 13.8 Å². The molecule has 0 atom stereocenters. The SMILES string of the molecule is CCc1cccc(NC(=O)N2CCN(c3cc(C)nc(-c4ccc(C)cc4)n3)CC2)c1. The molecule has 6 heteroatoms. The van der Waals surface area contributed by atoms with E-state index in [0.29, 0.717) is 13.1 Å². The molecule has 0 saturated carbocycles. The van der Waals surface area contributed by atoms with Crippen LogP contribution in [0.25, 0.3) is 11.4 Å². The number of nitrogens with zero attached hydrogens (tertiary/aromatic N) is 4. The fourth-order valence-electron chi connectivity index (χ4n) is 3.76. The van der Waals surface area contributed by atoms with Gasteiger partial charge in [-0.2, -0.15) is 0 Å². The summed E-state index contributed by atoms with van der Waals surface area (Å²) in [5.74, 6) is 1.66. The van der Waals surface area contributed by atoms with E-state index in [2.05, 4.69) is 59.4 Å². The van der Waals surface area contributed by atoms with Gasteiger partial charge >= 0.3 is 6.03 Å². The lowest BCUT2D eigenvalue weighted by Gasteiger charge is -2.35. The molecule has 0 unspecified atom stereocenters. The molecule has 2 heterocycles. The van der Waals surface area contributed by atoms with Crippen molar-refractivity contribution in [1.82, 2.24) is 14.9 Å².